The van der Waals surface area contributed by atoms with Crippen LogP contribution >= 0.6 is 0 Å². The van der Waals surface area contributed by atoms with E-state index in [4.69, 9.17) is 20.9 Å². The number of anilines is 1. The molecule has 11 nitrogen and oxygen atoms in total. The predicted octanol–water partition coefficient (Wildman–Crippen LogP) is 1.01. The zero-order valence-corrected chi connectivity index (χ0v) is 24.4. The molecule has 2 aromatic rings. The average Bonchev–Trinajstić information content (AvgIpc) is 3.53. The Kier molecular flexibility index (Phi) is 9.93. The van der Waals surface area contributed by atoms with Crippen molar-refractivity contribution in [1.29, 1.82) is 0 Å². The van der Waals surface area contributed by atoms with Gasteiger partial charge in [0.15, 0.2) is 6.29 Å². The van der Waals surface area contributed by atoms with Crippen LogP contribution in [0.25, 0.3) is 0 Å². The summed E-state index contributed by atoms with van der Waals surface area (Å²) in [4.78, 5) is 13.8. The minimum atomic E-state index is -4.13. The predicted molar refractivity (Wildman–Crippen MR) is 152 cm³/mol. The zero-order chi connectivity index (χ0) is 29.8. The van der Waals surface area contributed by atoms with Gasteiger partial charge in [-0.2, -0.15) is 4.31 Å². The second-order valence-electron chi connectivity index (χ2n) is 11.7. The highest BCUT2D eigenvalue weighted by Crippen LogP contribution is 2.36. The molecule has 0 saturated carbocycles. The topological polar surface area (TPSA) is 171 Å². The minimum Gasteiger partial charge on any atom is -0.530 e. The first-order valence-corrected chi connectivity index (χ1v) is 15.4. The summed E-state index contributed by atoms with van der Waals surface area (Å²) in [6, 6.07) is 13.5. The van der Waals surface area contributed by atoms with Gasteiger partial charge in [-0.25, -0.2) is 8.42 Å². The number of nitrogen functional groups attached to an aromatic ring is 1. The molecule has 12 heteroatoms. The van der Waals surface area contributed by atoms with Gasteiger partial charge in [0.05, 0.1) is 36.3 Å². The lowest BCUT2D eigenvalue weighted by molar-refractivity contribution is -0.273. The number of carboxylic acid groups (broad SMARTS) is 1. The first-order valence-electron chi connectivity index (χ1n) is 13.9. The maximum absolute atomic E-state index is 13.9. The van der Waals surface area contributed by atoms with E-state index >= 15 is 0 Å². The van der Waals surface area contributed by atoms with Crippen LogP contribution in [0.2, 0.25) is 0 Å². The number of carbonyl (C=O) groups excluding carboxylic acids is 1. The molecule has 0 unspecified atom stereocenters. The number of sulfonamides is 1. The second-order valence-corrected chi connectivity index (χ2v) is 13.6. The van der Waals surface area contributed by atoms with Crippen molar-refractivity contribution in [3.05, 3.63) is 60.2 Å². The molecule has 2 aliphatic heterocycles. The maximum Gasteiger partial charge on any atom is 0.243 e. The summed E-state index contributed by atoms with van der Waals surface area (Å²) in [5.74, 6) is -0.214. The van der Waals surface area contributed by atoms with E-state index in [0.29, 0.717) is 26.0 Å². The number of amides is 1. The Morgan fingerprint density at radius 3 is 2.56 bits per heavy atom. The molecular weight excluding hydrogens is 548 g/mol. The lowest BCUT2D eigenvalue weighted by Crippen LogP contribution is -2.61. The van der Waals surface area contributed by atoms with Crippen LogP contribution < -0.4 is 16.6 Å². The molecule has 41 heavy (non-hydrogen) atoms. The van der Waals surface area contributed by atoms with Gasteiger partial charge in [-0.3, -0.25) is 0 Å². The van der Waals surface area contributed by atoms with E-state index in [1.807, 2.05) is 44.2 Å². The fourth-order valence-electron chi connectivity index (χ4n) is 5.87. The van der Waals surface area contributed by atoms with Gasteiger partial charge in [-0.15, -0.1) is 0 Å². The lowest BCUT2D eigenvalue weighted by Gasteiger charge is -2.43. The van der Waals surface area contributed by atoms with Crippen LogP contribution in [0.3, 0.4) is 0 Å². The van der Waals surface area contributed by atoms with Crippen LogP contribution in [0.1, 0.15) is 32.3 Å². The van der Waals surface area contributed by atoms with Gasteiger partial charge in [-0.1, -0.05) is 50.2 Å². The number of aliphatic hydroxyl groups is 1. The van der Waals surface area contributed by atoms with Gasteiger partial charge in [-0.05, 0) is 55.0 Å². The van der Waals surface area contributed by atoms with Crippen LogP contribution in [-0.4, -0.2) is 86.1 Å². The van der Waals surface area contributed by atoms with E-state index < -0.39 is 46.0 Å². The van der Waals surface area contributed by atoms with Gasteiger partial charge in [0.1, 0.15) is 6.09 Å². The third-order valence-corrected chi connectivity index (χ3v) is 9.79. The number of carbonyl (C=O) groups is 1. The molecule has 2 saturated heterocycles. The zero-order valence-electron chi connectivity index (χ0n) is 23.6. The summed E-state index contributed by atoms with van der Waals surface area (Å²) < 4.78 is 40.4. The van der Waals surface area contributed by atoms with Crippen molar-refractivity contribution in [2.75, 3.05) is 38.6 Å². The number of fused-ring (bicyclic) bond motifs is 1. The summed E-state index contributed by atoms with van der Waals surface area (Å²) in [7, 11) is -4.13. The van der Waals surface area contributed by atoms with Gasteiger partial charge in [0.2, 0.25) is 10.0 Å². The Balaban J connectivity index is 1.71. The van der Waals surface area contributed by atoms with E-state index in [0.717, 1.165) is 10.5 Å². The number of benzene rings is 2. The Labute approximate surface area is 242 Å². The highest BCUT2D eigenvalue weighted by molar-refractivity contribution is 7.89. The van der Waals surface area contributed by atoms with Crippen LogP contribution in [0.15, 0.2) is 59.5 Å². The summed E-state index contributed by atoms with van der Waals surface area (Å²) in [6.07, 6.45) is -2.10. The summed E-state index contributed by atoms with van der Waals surface area (Å²) in [5.41, 5.74) is 12.3. The molecule has 0 aliphatic carbocycles. The third kappa shape index (κ3) is 7.37. The number of hydrogen-bond acceptors (Lipinski definition) is 9. The van der Waals surface area contributed by atoms with Crippen molar-refractivity contribution >= 4 is 21.8 Å². The number of rotatable bonds is 13. The average molecular weight is 590 g/mol. The Morgan fingerprint density at radius 2 is 1.90 bits per heavy atom. The van der Waals surface area contributed by atoms with E-state index in [1.165, 1.54) is 16.4 Å². The molecule has 2 aliphatic rings. The molecular formula is C29H41N4O7S-. The highest BCUT2D eigenvalue weighted by atomic mass is 32.2. The summed E-state index contributed by atoms with van der Waals surface area (Å²) >= 11 is 0. The van der Waals surface area contributed by atoms with E-state index in [-0.39, 0.29) is 42.6 Å². The van der Waals surface area contributed by atoms with Crippen LogP contribution in [0, 0.1) is 11.3 Å². The van der Waals surface area contributed by atoms with Crippen molar-refractivity contribution in [3.63, 3.8) is 0 Å². The molecule has 1 amide bonds. The number of aliphatic hydroxyl groups excluding tert-OH is 1. The van der Waals surface area contributed by atoms with Crippen LogP contribution in [0.4, 0.5) is 10.5 Å². The van der Waals surface area contributed by atoms with Crippen molar-refractivity contribution < 1.29 is 32.9 Å². The molecule has 0 spiro atoms. The van der Waals surface area contributed by atoms with E-state index in [1.54, 1.807) is 12.1 Å². The largest absolute Gasteiger partial charge is 0.530 e. The standard InChI is InChI=1S/C29H42N4O7S/c1-29(2,12-13-30)19-32(41(37,38)22-10-6-9-21(31)16-22)17-26(34)24(15-20-7-4-3-5-8-20)33(28(35)36)25-18-40-27-23(25)11-14-39-27/h3-10,16,23-27,34H,11-15,17-19,30-31H2,1-2H3,(H,35,36)/p-1/t23-,24-,25-,26+,27+/m0/s1. The van der Waals surface area contributed by atoms with Crippen LogP contribution in [0.5, 0.6) is 0 Å². The van der Waals surface area contributed by atoms with E-state index in [9.17, 15) is 23.4 Å². The number of nitrogens with two attached hydrogens (primary N) is 2. The normalized spacial score (nSPS) is 22.4. The van der Waals surface area contributed by atoms with Crippen molar-refractivity contribution in [2.45, 2.75) is 62.5 Å². The molecule has 5 atom stereocenters. The van der Waals surface area contributed by atoms with Gasteiger partial charge in [0, 0.05) is 24.7 Å². The molecule has 0 bridgehead atoms. The quantitative estimate of drug-likeness (QED) is 0.288. The van der Waals surface area contributed by atoms with Gasteiger partial charge in [0.25, 0.3) is 0 Å². The first-order chi connectivity index (χ1) is 19.4. The molecule has 4 rings (SSSR count). The number of nitrogens with zero attached hydrogens (tertiary/aromatic N) is 2. The van der Waals surface area contributed by atoms with Gasteiger partial charge < -0.3 is 40.8 Å². The Hall–Kier alpha value is -2.74. The van der Waals surface area contributed by atoms with Crippen molar-refractivity contribution in [1.82, 2.24) is 9.21 Å². The molecule has 2 aromatic carbocycles. The fraction of sp³-hybridized carbons (Fsp3) is 0.552. The molecule has 0 aromatic heterocycles. The third-order valence-electron chi connectivity index (χ3n) is 7.98. The fourth-order valence-corrected chi connectivity index (χ4v) is 7.57. The maximum atomic E-state index is 13.9. The van der Waals surface area contributed by atoms with Gasteiger partial charge >= 0.3 is 0 Å². The minimum absolute atomic E-state index is 0.0141. The van der Waals surface area contributed by atoms with E-state index in [2.05, 4.69) is 0 Å². The SMILES string of the molecule is CC(C)(CCN)CN(C[C@@H](O)[C@H](Cc1ccccc1)N(C(=O)[O-])[C@H]1CO[C@H]2OCC[C@H]21)S(=O)(=O)c1cccc(N)c1. The lowest BCUT2D eigenvalue weighted by atomic mass is 9.89. The first kappa shape index (κ1) is 31.2. The molecule has 2 fully saturated rings. The summed E-state index contributed by atoms with van der Waals surface area (Å²) in [5, 5.41) is 24.5. The van der Waals surface area contributed by atoms with Crippen molar-refractivity contribution in [2.24, 2.45) is 17.1 Å². The number of ether oxygens (including phenoxy) is 2. The van der Waals surface area contributed by atoms with Crippen LogP contribution in [-0.2, 0) is 25.9 Å². The molecule has 226 valence electrons. The molecule has 0 radical (unpaired) electrons. The Morgan fingerprint density at radius 1 is 1.17 bits per heavy atom. The smallest absolute Gasteiger partial charge is 0.243 e. The van der Waals surface area contributed by atoms with Crippen molar-refractivity contribution in [3.8, 4) is 0 Å². The summed E-state index contributed by atoms with van der Waals surface area (Å²) in [6.45, 7) is 4.39. The number of hydrogen-bond donors (Lipinski definition) is 3. The highest BCUT2D eigenvalue weighted by Gasteiger charge is 2.47. The molecule has 2 heterocycles. The Bertz CT molecular complexity index is 1280. The second kappa shape index (κ2) is 13.1. The monoisotopic (exact) mass is 589 g/mol. The molecule has 5 N–H and O–H groups in total.